The van der Waals surface area contributed by atoms with Crippen LogP contribution in [-0.2, 0) is 9.59 Å². The molecule has 0 aliphatic heterocycles. The third-order valence-electron chi connectivity index (χ3n) is 2.27. The van der Waals surface area contributed by atoms with Crippen LogP contribution < -0.4 is 10.6 Å². The van der Waals surface area contributed by atoms with Gasteiger partial charge in [-0.25, -0.2) is 4.39 Å². The van der Waals surface area contributed by atoms with Gasteiger partial charge in [0.1, 0.15) is 5.82 Å². The van der Waals surface area contributed by atoms with Gasteiger partial charge >= 0.3 is 11.8 Å². The van der Waals surface area contributed by atoms with Crippen LogP contribution >= 0.6 is 0 Å². The van der Waals surface area contributed by atoms with Gasteiger partial charge < -0.3 is 15.7 Å². The van der Waals surface area contributed by atoms with Gasteiger partial charge in [-0.3, -0.25) is 9.59 Å². The number of halogens is 1. The van der Waals surface area contributed by atoms with E-state index in [1.165, 1.54) is 18.2 Å². The predicted octanol–water partition coefficient (Wildman–Crippen LogP) is 0.651. The number of aliphatic hydroxyl groups excluding tert-OH is 1. The highest BCUT2D eigenvalue weighted by Gasteiger charge is 2.17. The number of para-hydroxylation sites is 1. The number of rotatable bonds is 4. The molecular weight excluding hydrogens is 239 g/mol. The minimum atomic E-state index is -0.940. The Morgan fingerprint density at radius 1 is 1.33 bits per heavy atom. The third-order valence-corrected chi connectivity index (χ3v) is 2.27. The van der Waals surface area contributed by atoms with Crippen molar-refractivity contribution in [2.24, 2.45) is 0 Å². The lowest BCUT2D eigenvalue weighted by atomic mass is 10.2. The van der Waals surface area contributed by atoms with Gasteiger partial charge in [-0.2, -0.15) is 0 Å². The Balaban J connectivity index is 2.55. The van der Waals surface area contributed by atoms with Crippen LogP contribution in [0, 0.1) is 5.82 Å². The number of anilines is 1. The number of carbonyl (C=O) groups is 2. The molecule has 0 heterocycles. The van der Waals surface area contributed by atoms with E-state index >= 15 is 0 Å². The molecule has 18 heavy (non-hydrogen) atoms. The van der Waals surface area contributed by atoms with E-state index in [-0.39, 0.29) is 18.3 Å². The second-order valence-electron chi connectivity index (χ2n) is 3.82. The molecule has 0 spiro atoms. The first-order chi connectivity index (χ1) is 8.54. The Kier molecular flexibility index (Phi) is 5.26. The maximum Gasteiger partial charge on any atom is 0.313 e. The molecule has 0 aromatic heterocycles. The van der Waals surface area contributed by atoms with Crippen LogP contribution in [0.2, 0.25) is 0 Å². The molecule has 0 radical (unpaired) electrons. The molecule has 98 valence electrons. The van der Waals surface area contributed by atoms with Crippen molar-refractivity contribution in [1.82, 2.24) is 5.32 Å². The SMILES string of the molecule is C[C@H](CCO)NC(=O)C(=O)Nc1ccccc1F. The molecule has 6 heteroatoms. The number of hydrogen-bond donors (Lipinski definition) is 3. The largest absolute Gasteiger partial charge is 0.396 e. The van der Waals surface area contributed by atoms with Gasteiger partial charge in [0.2, 0.25) is 0 Å². The summed E-state index contributed by atoms with van der Waals surface area (Å²) in [6, 6.07) is 5.24. The molecular formula is C12H15FN2O3. The fourth-order valence-corrected chi connectivity index (χ4v) is 1.30. The van der Waals surface area contributed by atoms with Gasteiger partial charge in [0.25, 0.3) is 0 Å². The molecule has 0 saturated carbocycles. The van der Waals surface area contributed by atoms with E-state index in [1.807, 2.05) is 0 Å². The zero-order chi connectivity index (χ0) is 13.5. The summed E-state index contributed by atoms with van der Waals surface area (Å²) in [5, 5.41) is 13.2. The fourth-order valence-electron chi connectivity index (χ4n) is 1.30. The highest BCUT2D eigenvalue weighted by atomic mass is 19.1. The number of amides is 2. The third kappa shape index (κ3) is 4.14. The Morgan fingerprint density at radius 2 is 2.00 bits per heavy atom. The predicted molar refractivity (Wildman–Crippen MR) is 64.3 cm³/mol. The summed E-state index contributed by atoms with van der Waals surface area (Å²) in [5.41, 5.74) is -0.0486. The number of benzene rings is 1. The highest BCUT2D eigenvalue weighted by Crippen LogP contribution is 2.11. The van der Waals surface area contributed by atoms with Crippen LogP contribution in [0.1, 0.15) is 13.3 Å². The maximum absolute atomic E-state index is 13.2. The number of hydrogen-bond acceptors (Lipinski definition) is 3. The number of aliphatic hydroxyl groups is 1. The van der Waals surface area contributed by atoms with Crippen molar-refractivity contribution in [3.05, 3.63) is 30.1 Å². The summed E-state index contributed by atoms with van der Waals surface area (Å²) >= 11 is 0. The lowest BCUT2D eigenvalue weighted by molar-refractivity contribution is -0.136. The van der Waals surface area contributed by atoms with E-state index in [0.29, 0.717) is 6.42 Å². The van der Waals surface area contributed by atoms with Crippen molar-refractivity contribution >= 4 is 17.5 Å². The minimum absolute atomic E-state index is 0.0486. The van der Waals surface area contributed by atoms with Gasteiger partial charge in [0, 0.05) is 12.6 Å². The van der Waals surface area contributed by atoms with Gasteiger partial charge in [-0.1, -0.05) is 12.1 Å². The van der Waals surface area contributed by atoms with Crippen LogP contribution in [0.15, 0.2) is 24.3 Å². The molecule has 0 fully saturated rings. The second kappa shape index (κ2) is 6.70. The molecule has 3 N–H and O–H groups in total. The lowest BCUT2D eigenvalue weighted by Crippen LogP contribution is -2.40. The summed E-state index contributed by atoms with van der Waals surface area (Å²) in [6.45, 7) is 1.57. The molecule has 1 aromatic rings. The van der Waals surface area contributed by atoms with E-state index in [4.69, 9.17) is 5.11 Å². The maximum atomic E-state index is 13.2. The molecule has 0 saturated heterocycles. The van der Waals surface area contributed by atoms with Gasteiger partial charge in [0.05, 0.1) is 5.69 Å². The van der Waals surface area contributed by atoms with E-state index in [2.05, 4.69) is 10.6 Å². The normalized spacial score (nSPS) is 11.7. The first kappa shape index (κ1) is 14.1. The lowest BCUT2D eigenvalue weighted by Gasteiger charge is -2.12. The average molecular weight is 254 g/mol. The monoisotopic (exact) mass is 254 g/mol. The average Bonchev–Trinajstić information content (AvgIpc) is 2.32. The van der Waals surface area contributed by atoms with E-state index in [0.717, 1.165) is 0 Å². The number of nitrogens with one attached hydrogen (secondary N) is 2. The summed E-state index contributed by atoms with van der Waals surface area (Å²) in [5.74, 6) is -2.41. The summed E-state index contributed by atoms with van der Waals surface area (Å²) in [4.78, 5) is 22.9. The molecule has 1 aromatic carbocycles. The second-order valence-corrected chi connectivity index (χ2v) is 3.82. The van der Waals surface area contributed by atoms with E-state index < -0.39 is 17.6 Å². The molecule has 0 unspecified atom stereocenters. The summed E-state index contributed by atoms with van der Waals surface area (Å²) < 4.78 is 13.2. The van der Waals surface area contributed by atoms with Crippen LogP contribution in [0.5, 0.6) is 0 Å². The van der Waals surface area contributed by atoms with Crippen molar-refractivity contribution in [2.75, 3.05) is 11.9 Å². The summed E-state index contributed by atoms with van der Waals surface area (Å²) in [6.07, 6.45) is 0.346. The topological polar surface area (TPSA) is 78.4 Å². The van der Waals surface area contributed by atoms with Crippen molar-refractivity contribution < 1.29 is 19.1 Å². The van der Waals surface area contributed by atoms with Gasteiger partial charge in [-0.05, 0) is 25.5 Å². The first-order valence-corrected chi connectivity index (χ1v) is 5.52. The van der Waals surface area contributed by atoms with Crippen LogP contribution in [-0.4, -0.2) is 29.6 Å². The Labute approximate surface area is 104 Å². The fraction of sp³-hybridized carbons (Fsp3) is 0.333. The standard InChI is InChI=1S/C12H15FN2O3/c1-8(6-7-16)14-11(17)12(18)15-10-5-3-2-4-9(10)13/h2-5,8,16H,6-7H2,1H3,(H,14,17)(H,15,18)/t8-/m1/s1. The van der Waals surface area contributed by atoms with Crippen LogP contribution in [0.25, 0.3) is 0 Å². The highest BCUT2D eigenvalue weighted by molar-refractivity contribution is 6.39. The smallest absolute Gasteiger partial charge is 0.313 e. The van der Waals surface area contributed by atoms with Crippen molar-refractivity contribution in [2.45, 2.75) is 19.4 Å². The molecule has 5 nitrogen and oxygen atoms in total. The molecule has 0 bridgehead atoms. The van der Waals surface area contributed by atoms with Gasteiger partial charge in [-0.15, -0.1) is 0 Å². The summed E-state index contributed by atoms with van der Waals surface area (Å²) in [7, 11) is 0. The zero-order valence-electron chi connectivity index (χ0n) is 9.94. The Bertz CT molecular complexity index is 437. The molecule has 0 aliphatic carbocycles. The van der Waals surface area contributed by atoms with E-state index in [1.54, 1.807) is 13.0 Å². The van der Waals surface area contributed by atoms with E-state index in [9.17, 15) is 14.0 Å². The quantitative estimate of drug-likeness (QED) is 0.690. The van der Waals surface area contributed by atoms with Crippen molar-refractivity contribution in [3.8, 4) is 0 Å². The Hall–Kier alpha value is -1.95. The van der Waals surface area contributed by atoms with Crippen molar-refractivity contribution in [1.29, 1.82) is 0 Å². The minimum Gasteiger partial charge on any atom is -0.396 e. The van der Waals surface area contributed by atoms with Gasteiger partial charge in [0.15, 0.2) is 0 Å². The molecule has 2 amide bonds. The van der Waals surface area contributed by atoms with Crippen molar-refractivity contribution in [3.63, 3.8) is 0 Å². The first-order valence-electron chi connectivity index (χ1n) is 5.52. The zero-order valence-corrected chi connectivity index (χ0v) is 9.94. The Morgan fingerprint density at radius 3 is 2.61 bits per heavy atom. The molecule has 1 atom stereocenters. The van der Waals surface area contributed by atoms with Crippen LogP contribution in [0.3, 0.4) is 0 Å². The molecule has 0 aliphatic rings. The molecule has 1 rings (SSSR count). The number of carbonyl (C=O) groups excluding carboxylic acids is 2. The van der Waals surface area contributed by atoms with Crippen LogP contribution in [0.4, 0.5) is 10.1 Å².